The van der Waals surface area contributed by atoms with Gasteiger partial charge in [0.2, 0.25) is 0 Å². The van der Waals surface area contributed by atoms with Gasteiger partial charge in [0.15, 0.2) is 0 Å². The third-order valence-electron chi connectivity index (χ3n) is 5.68. The zero-order valence-electron chi connectivity index (χ0n) is 15.7. The van der Waals surface area contributed by atoms with Gasteiger partial charge < -0.3 is 14.7 Å². The second-order valence-electron chi connectivity index (χ2n) is 7.36. The summed E-state index contributed by atoms with van der Waals surface area (Å²) in [6, 6.07) is 6.40. The van der Waals surface area contributed by atoms with Crippen molar-refractivity contribution in [2.75, 3.05) is 49.1 Å². The Morgan fingerprint density at radius 1 is 0.964 bits per heavy atom. The molecule has 0 radical (unpaired) electrons. The summed E-state index contributed by atoms with van der Waals surface area (Å²) in [4.78, 5) is 28.1. The van der Waals surface area contributed by atoms with Gasteiger partial charge in [0.05, 0.1) is 17.3 Å². The van der Waals surface area contributed by atoms with Crippen LogP contribution < -0.4 is 9.80 Å². The predicted molar refractivity (Wildman–Crippen MR) is 108 cm³/mol. The van der Waals surface area contributed by atoms with Crippen LogP contribution in [0.4, 0.5) is 11.5 Å². The normalized spacial score (nSPS) is 17.5. The lowest BCUT2D eigenvalue weighted by molar-refractivity contribution is 0.0747. The van der Waals surface area contributed by atoms with Crippen LogP contribution in [0.15, 0.2) is 36.9 Å². The Kier molecular flexibility index (Phi) is 4.31. The maximum Gasteiger partial charge on any atom is 0.257 e. The Morgan fingerprint density at radius 2 is 1.79 bits per heavy atom. The lowest BCUT2D eigenvalue weighted by atomic mass is 10.1. The van der Waals surface area contributed by atoms with E-state index < -0.39 is 0 Å². The Hall–Kier alpha value is -3.16. The molecule has 0 aliphatic carbocycles. The summed E-state index contributed by atoms with van der Waals surface area (Å²) < 4.78 is 0. The first-order valence-electron chi connectivity index (χ1n) is 9.82. The third-order valence-corrected chi connectivity index (χ3v) is 5.68. The smallest absolute Gasteiger partial charge is 0.257 e. The number of hydrogen-bond acceptors (Lipinski definition) is 6. The van der Waals surface area contributed by atoms with Crippen LogP contribution >= 0.6 is 0 Å². The van der Waals surface area contributed by atoms with Crippen molar-refractivity contribution in [2.45, 2.75) is 12.8 Å². The number of carbonyl (C=O) groups is 1. The van der Waals surface area contributed by atoms with Gasteiger partial charge in [-0.3, -0.25) is 9.89 Å². The molecule has 2 saturated heterocycles. The van der Waals surface area contributed by atoms with Crippen molar-refractivity contribution in [1.29, 1.82) is 0 Å². The molecule has 144 valence electrons. The third kappa shape index (κ3) is 3.04. The van der Waals surface area contributed by atoms with Crippen molar-refractivity contribution in [3.63, 3.8) is 0 Å². The van der Waals surface area contributed by atoms with Gasteiger partial charge in [0.25, 0.3) is 5.91 Å². The topological polar surface area (TPSA) is 81.2 Å². The van der Waals surface area contributed by atoms with E-state index in [0.717, 1.165) is 48.6 Å². The van der Waals surface area contributed by atoms with Gasteiger partial charge in [0.1, 0.15) is 12.1 Å². The summed E-state index contributed by atoms with van der Waals surface area (Å²) in [6.45, 7) is 5.14. The van der Waals surface area contributed by atoms with Gasteiger partial charge in [-0.15, -0.1) is 0 Å². The zero-order valence-corrected chi connectivity index (χ0v) is 15.7. The Morgan fingerprint density at radius 3 is 2.54 bits per heavy atom. The number of H-pyrrole nitrogens is 1. The molecule has 4 heterocycles. The average Bonchev–Trinajstić information content (AvgIpc) is 3.47. The van der Waals surface area contributed by atoms with Crippen molar-refractivity contribution >= 4 is 28.3 Å². The standard InChI is InChI=1S/C20H23N7O/c28-20(15-12-23-24-13-15)27-9-7-25(8-10-27)16-3-4-18-17(11-16)19(22-14-21-18)26-5-1-2-6-26/h3-4,11-14H,1-2,5-10H2,(H,23,24). The van der Waals surface area contributed by atoms with Crippen molar-refractivity contribution in [1.82, 2.24) is 25.1 Å². The SMILES string of the molecule is O=C(c1cn[nH]c1)N1CCN(c2ccc3ncnc(N4CCCC4)c3c2)CC1. The molecule has 1 amide bonds. The number of hydrogen-bond donors (Lipinski definition) is 1. The monoisotopic (exact) mass is 377 g/mol. The highest BCUT2D eigenvalue weighted by Crippen LogP contribution is 2.30. The molecule has 2 aliphatic rings. The molecule has 2 fully saturated rings. The van der Waals surface area contributed by atoms with E-state index in [1.807, 2.05) is 4.90 Å². The largest absolute Gasteiger partial charge is 0.368 e. The number of anilines is 2. The molecule has 0 bridgehead atoms. The molecule has 0 spiro atoms. The number of rotatable bonds is 3. The van der Waals surface area contributed by atoms with Crippen molar-refractivity contribution < 1.29 is 4.79 Å². The maximum absolute atomic E-state index is 12.5. The number of nitrogens with zero attached hydrogens (tertiary/aromatic N) is 6. The number of benzene rings is 1. The molecule has 3 aromatic rings. The molecular weight excluding hydrogens is 354 g/mol. The van der Waals surface area contributed by atoms with Gasteiger partial charge in [-0.25, -0.2) is 9.97 Å². The summed E-state index contributed by atoms with van der Waals surface area (Å²) in [5.41, 5.74) is 2.76. The highest BCUT2D eigenvalue weighted by atomic mass is 16.2. The number of aromatic nitrogens is 4. The second-order valence-corrected chi connectivity index (χ2v) is 7.36. The highest BCUT2D eigenvalue weighted by molar-refractivity contribution is 5.94. The van der Waals surface area contributed by atoms with E-state index in [1.165, 1.54) is 12.8 Å². The molecule has 5 rings (SSSR count). The van der Waals surface area contributed by atoms with Gasteiger partial charge in [-0.05, 0) is 31.0 Å². The fourth-order valence-electron chi connectivity index (χ4n) is 4.13. The van der Waals surface area contributed by atoms with Crippen molar-refractivity contribution in [2.24, 2.45) is 0 Å². The average molecular weight is 377 g/mol. The summed E-state index contributed by atoms with van der Waals surface area (Å²) in [5.74, 6) is 1.08. The fraction of sp³-hybridized carbons (Fsp3) is 0.400. The second kappa shape index (κ2) is 7.10. The summed E-state index contributed by atoms with van der Waals surface area (Å²) in [5, 5.41) is 7.69. The quantitative estimate of drug-likeness (QED) is 0.751. The number of piperazine rings is 1. The molecule has 28 heavy (non-hydrogen) atoms. The molecule has 0 saturated carbocycles. The van der Waals surface area contributed by atoms with E-state index in [4.69, 9.17) is 0 Å². The Labute approximate surface area is 163 Å². The summed E-state index contributed by atoms with van der Waals surface area (Å²) in [7, 11) is 0. The van der Waals surface area contributed by atoms with E-state index in [0.29, 0.717) is 18.7 Å². The molecule has 1 aromatic carbocycles. The lowest BCUT2D eigenvalue weighted by Crippen LogP contribution is -2.48. The summed E-state index contributed by atoms with van der Waals surface area (Å²) >= 11 is 0. The van der Waals surface area contributed by atoms with E-state index >= 15 is 0 Å². The van der Waals surface area contributed by atoms with E-state index in [2.05, 4.69) is 48.2 Å². The molecule has 0 atom stereocenters. The van der Waals surface area contributed by atoms with Crippen LogP contribution in [0.3, 0.4) is 0 Å². The first-order valence-corrected chi connectivity index (χ1v) is 9.82. The molecule has 1 N–H and O–H groups in total. The molecule has 8 heteroatoms. The van der Waals surface area contributed by atoms with Crippen LogP contribution in [0.1, 0.15) is 23.2 Å². The first kappa shape index (κ1) is 17.0. The number of nitrogens with one attached hydrogen (secondary N) is 1. The molecule has 2 aromatic heterocycles. The van der Waals surface area contributed by atoms with Crippen LogP contribution in [-0.4, -0.2) is 70.2 Å². The number of fused-ring (bicyclic) bond motifs is 1. The fourth-order valence-corrected chi connectivity index (χ4v) is 4.13. The maximum atomic E-state index is 12.5. The minimum absolute atomic E-state index is 0.0385. The number of amides is 1. The number of carbonyl (C=O) groups excluding carboxylic acids is 1. The van der Waals surface area contributed by atoms with Crippen LogP contribution in [0.5, 0.6) is 0 Å². The van der Waals surface area contributed by atoms with E-state index in [-0.39, 0.29) is 5.91 Å². The predicted octanol–water partition coefficient (Wildman–Crippen LogP) is 1.92. The van der Waals surface area contributed by atoms with Crippen molar-refractivity contribution in [3.05, 3.63) is 42.5 Å². The Bertz CT molecular complexity index is 973. The highest BCUT2D eigenvalue weighted by Gasteiger charge is 2.24. The molecule has 0 unspecified atom stereocenters. The van der Waals surface area contributed by atoms with Crippen LogP contribution in [0.25, 0.3) is 10.9 Å². The van der Waals surface area contributed by atoms with Crippen LogP contribution in [0, 0.1) is 0 Å². The van der Waals surface area contributed by atoms with Crippen LogP contribution in [0.2, 0.25) is 0 Å². The molecule has 2 aliphatic heterocycles. The first-order chi connectivity index (χ1) is 13.8. The molecule has 8 nitrogen and oxygen atoms in total. The minimum atomic E-state index is 0.0385. The van der Waals surface area contributed by atoms with Gasteiger partial charge in [-0.1, -0.05) is 0 Å². The van der Waals surface area contributed by atoms with Gasteiger partial charge in [0, 0.05) is 56.5 Å². The minimum Gasteiger partial charge on any atom is -0.368 e. The van der Waals surface area contributed by atoms with Gasteiger partial charge >= 0.3 is 0 Å². The van der Waals surface area contributed by atoms with Gasteiger partial charge in [-0.2, -0.15) is 5.10 Å². The zero-order chi connectivity index (χ0) is 18.9. The Balaban J connectivity index is 1.35. The summed E-state index contributed by atoms with van der Waals surface area (Å²) in [6.07, 6.45) is 7.33. The van der Waals surface area contributed by atoms with E-state index in [1.54, 1.807) is 18.7 Å². The number of aromatic amines is 1. The van der Waals surface area contributed by atoms with E-state index in [9.17, 15) is 4.79 Å². The van der Waals surface area contributed by atoms with Crippen molar-refractivity contribution in [3.8, 4) is 0 Å². The van der Waals surface area contributed by atoms with Crippen LogP contribution in [-0.2, 0) is 0 Å². The lowest BCUT2D eigenvalue weighted by Gasteiger charge is -2.36. The molecular formula is C20H23N7O.